The average Bonchev–Trinajstić information content (AvgIpc) is 2.42. The molecule has 1 amide bonds. The number of rotatable bonds is 14. The molecule has 0 aliphatic rings. The highest BCUT2D eigenvalue weighted by Gasteiger charge is 2.03. The van der Waals surface area contributed by atoms with Crippen molar-refractivity contribution in [3.63, 3.8) is 0 Å². The highest BCUT2D eigenvalue weighted by Crippen LogP contribution is 2.13. The minimum atomic E-state index is -0.989. The van der Waals surface area contributed by atoms with Crippen molar-refractivity contribution in [2.75, 3.05) is 6.54 Å². The molecule has 21 heavy (non-hydrogen) atoms. The van der Waals surface area contributed by atoms with Crippen LogP contribution in [0.25, 0.3) is 0 Å². The number of amides is 1. The van der Waals surface area contributed by atoms with Gasteiger partial charge in [-0.25, -0.2) is 0 Å². The van der Waals surface area contributed by atoms with Crippen LogP contribution >= 0.6 is 0 Å². The van der Waals surface area contributed by atoms with Gasteiger partial charge >= 0.3 is 5.97 Å². The first kappa shape index (κ1) is 19.9. The summed E-state index contributed by atoms with van der Waals surface area (Å²) < 4.78 is 0. The van der Waals surface area contributed by atoms with Crippen LogP contribution in [0, 0.1) is 5.92 Å². The summed E-state index contributed by atoms with van der Waals surface area (Å²) in [7, 11) is 0. The second kappa shape index (κ2) is 13.9. The van der Waals surface area contributed by atoms with E-state index >= 15 is 0 Å². The monoisotopic (exact) mass is 299 g/mol. The van der Waals surface area contributed by atoms with Gasteiger partial charge < -0.3 is 10.4 Å². The normalized spacial score (nSPS) is 10.8. The fraction of sp³-hybridized carbons (Fsp3) is 0.882. The Labute approximate surface area is 129 Å². The van der Waals surface area contributed by atoms with Crippen LogP contribution in [0.15, 0.2) is 0 Å². The van der Waals surface area contributed by atoms with E-state index in [2.05, 4.69) is 19.2 Å². The van der Waals surface area contributed by atoms with E-state index in [0.29, 0.717) is 6.42 Å². The van der Waals surface area contributed by atoms with Gasteiger partial charge in [0.15, 0.2) is 0 Å². The van der Waals surface area contributed by atoms with E-state index in [9.17, 15) is 9.59 Å². The molecule has 0 spiro atoms. The minimum Gasteiger partial charge on any atom is -0.480 e. The summed E-state index contributed by atoms with van der Waals surface area (Å²) in [4.78, 5) is 21.5. The van der Waals surface area contributed by atoms with Crippen molar-refractivity contribution in [2.45, 2.75) is 84.5 Å². The lowest BCUT2D eigenvalue weighted by Crippen LogP contribution is -2.28. The summed E-state index contributed by atoms with van der Waals surface area (Å²) in [6.07, 6.45) is 12.9. The third-order valence-electron chi connectivity index (χ3n) is 3.62. The molecule has 0 heterocycles. The second-order valence-corrected chi connectivity index (χ2v) is 6.28. The molecule has 0 fully saturated rings. The molecule has 0 aromatic heterocycles. The average molecular weight is 299 g/mol. The number of nitrogens with one attached hydrogen (secondary N) is 1. The van der Waals surface area contributed by atoms with E-state index in [4.69, 9.17) is 5.11 Å². The molecule has 0 aromatic rings. The van der Waals surface area contributed by atoms with Gasteiger partial charge in [-0.3, -0.25) is 9.59 Å². The van der Waals surface area contributed by atoms with Crippen LogP contribution < -0.4 is 5.32 Å². The zero-order valence-electron chi connectivity index (χ0n) is 13.8. The third kappa shape index (κ3) is 16.9. The standard InChI is InChI=1S/C17H33NO3/c1-15(2)12-10-8-6-4-3-5-7-9-11-13-16(19)18-14-17(20)21/h15H,3-14H2,1-2H3,(H,18,19)(H,20,21). The largest absolute Gasteiger partial charge is 0.480 e. The van der Waals surface area contributed by atoms with Gasteiger partial charge in [0.05, 0.1) is 0 Å². The Balaban J connectivity index is 3.15. The second-order valence-electron chi connectivity index (χ2n) is 6.28. The molecule has 4 heteroatoms. The Hall–Kier alpha value is -1.06. The molecular weight excluding hydrogens is 266 g/mol. The van der Waals surface area contributed by atoms with Gasteiger partial charge in [0.2, 0.25) is 5.91 Å². The third-order valence-corrected chi connectivity index (χ3v) is 3.62. The summed E-state index contributed by atoms with van der Waals surface area (Å²) in [5.74, 6) is -0.308. The highest BCUT2D eigenvalue weighted by atomic mass is 16.4. The molecule has 4 nitrogen and oxygen atoms in total. The molecule has 2 N–H and O–H groups in total. The van der Waals surface area contributed by atoms with Gasteiger partial charge in [0.1, 0.15) is 6.54 Å². The molecule has 0 aliphatic heterocycles. The van der Waals surface area contributed by atoms with E-state index in [1.807, 2.05) is 0 Å². The SMILES string of the molecule is CC(C)CCCCCCCCCCCC(=O)NCC(=O)O. The highest BCUT2D eigenvalue weighted by molar-refractivity contribution is 5.80. The predicted molar refractivity (Wildman–Crippen MR) is 86.3 cm³/mol. The molecule has 0 unspecified atom stereocenters. The van der Waals surface area contributed by atoms with Crippen LogP contribution in [0.5, 0.6) is 0 Å². The zero-order chi connectivity index (χ0) is 15.9. The lowest BCUT2D eigenvalue weighted by Gasteiger charge is -2.05. The first-order valence-corrected chi connectivity index (χ1v) is 8.51. The summed E-state index contributed by atoms with van der Waals surface area (Å²) in [6, 6.07) is 0. The topological polar surface area (TPSA) is 66.4 Å². The Bertz CT molecular complexity index is 277. The molecule has 124 valence electrons. The van der Waals surface area contributed by atoms with Crippen molar-refractivity contribution >= 4 is 11.9 Å². The first-order valence-electron chi connectivity index (χ1n) is 8.51. The zero-order valence-corrected chi connectivity index (χ0v) is 13.8. The number of hydrogen-bond acceptors (Lipinski definition) is 2. The van der Waals surface area contributed by atoms with Gasteiger partial charge in [-0.15, -0.1) is 0 Å². The number of unbranched alkanes of at least 4 members (excludes halogenated alkanes) is 8. The van der Waals surface area contributed by atoms with Crippen LogP contribution in [0.3, 0.4) is 0 Å². The van der Waals surface area contributed by atoms with Crippen molar-refractivity contribution < 1.29 is 14.7 Å². The lowest BCUT2D eigenvalue weighted by molar-refractivity contribution is -0.137. The van der Waals surface area contributed by atoms with Crippen LogP contribution in [-0.2, 0) is 9.59 Å². The number of carbonyl (C=O) groups excluding carboxylic acids is 1. The summed E-state index contributed by atoms with van der Waals surface area (Å²) in [5, 5.41) is 10.8. The van der Waals surface area contributed by atoms with Gasteiger partial charge in [-0.05, 0) is 12.3 Å². The summed E-state index contributed by atoms with van der Waals surface area (Å²) >= 11 is 0. The molecule has 0 rings (SSSR count). The number of hydrogen-bond donors (Lipinski definition) is 2. The molecule has 0 aliphatic carbocycles. The van der Waals surface area contributed by atoms with Crippen LogP contribution in [-0.4, -0.2) is 23.5 Å². The van der Waals surface area contributed by atoms with E-state index in [1.165, 1.54) is 51.4 Å². The maximum Gasteiger partial charge on any atom is 0.322 e. The fourth-order valence-corrected chi connectivity index (χ4v) is 2.34. The van der Waals surface area contributed by atoms with Crippen molar-refractivity contribution in [1.82, 2.24) is 5.32 Å². The van der Waals surface area contributed by atoms with Crippen LogP contribution in [0.1, 0.15) is 84.5 Å². The molecular formula is C17H33NO3. The van der Waals surface area contributed by atoms with E-state index < -0.39 is 5.97 Å². The number of carboxylic acid groups (broad SMARTS) is 1. The molecule has 0 bridgehead atoms. The maximum atomic E-state index is 11.3. The smallest absolute Gasteiger partial charge is 0.322 e. The van der Waals surface area contributed by atoms with Gasteiger partial charge in [0, 0.05) is 6.42 Å². The molecule has 0 radical (unpaired) electrons. The van der Waals surface area contributed by atoms with E-state index in [0.717, 1.165) is 18.8 Å². The number of carboxylic acids is 1. The van der Waals surface area contributed by atoms with Crippen molar-refractivity contribution in [2.24, 2.45) is 5.92 Å². The number of aliphatic carboxylic acids is 1. The minimum absolute atomic E-state index is 0.150. The Morgan fingerprint density at radius 1 is 0.857 bits per heavy atom. The first-order chi connectivity index (χ1) is 10.0. The maximum absolute atomic E-state index is 11.3. The van der Waals surface area contributed by atoms with Gasteiger partial charge in [-0.2, -0.15) is 0 Å². The Morgan fingerprint density at radius 2 is 1.33 bits per heavy atom. The summed E-state index contributed by atoms with van der Waals surface area (Å²) in [6.45, 7) is 4.29. The van der Waals surface area contributed by atoms with Gasteiger partial charge in [-0.1, -0.05) is 71.6 Å². The fourth-order valence-electron chi connectivity index (χ4n) is 2.34. The Morgan fingerprint density at radius 3 is 1.81 bits per heavy atom. The number of carbonyl (C=O) groups is 2. The van der Waals surface area contributed by atoms with Gasteiger partial charge in [0.25, 0.3) is 0 Å². The molecule has 0 saturated heterocycles. The lowest BCUT2D eigenvalue weighted by atomic mass is 10.0. The van der Waals surface area contributed by atoms with E-state index in [1.54, 1.807) is 0 Å². The molecule has 0 aromatic carbocycles. The summed E-state index contributed by atoms with van der Waals surface area (Å²) in [5.41, 5.74) is 0. The van der Waals surface area contributed by atoms with Crippen molar-refractivity contribution in [1.29, 1.82) is 0 Å². The van der Waals surface area contributed by atoms with E-state index in [-0.39, 0.29) is 12.5 Å². The molecule has 0 atom stereocenters. The predicted octanol–water partition coefficient (Wildman–Crippen LogP) is 4.13. The van der Waals surface area contributed by atoms with Crippen molar-refractivity contribution in [3.8, 4) is 0 Å². The van der Waals surface area contributed by atoms with Crippen molar-refractivity contribution in [3.05, 3.63) is 0 Å². The quantitative estimate of drug-likeness (QED) is 0.474. The van der Waals surface area contributed by atoms with Crippen LogP contribution in [0.4, 0.5) is 0 Å². The Kier molecular flexibility index (Phi) is 13.2. The molecule has 0 saturated carbocycles. The van der Waals surface area contributed by atoms with Crippen LogP contribution in [0.2, 0.25) is 0 Å².